The van der Waals surface area contributed by atoms with Gasteiger partial charge in [-0.2, -0.15) is 0 Å². The molecule has 3 N–H and O–H groups in total. The van der Waals surface area contributed by atoms with Crippen molar-refractivity contribution in [1.82, 2.24) is 5.32 Å². The Morgan fingerprint density at radius 3 is 2.24 bits per heavy atom. The highest BCUT2D eigenvalue weighted by atomic mass is 16.6. The fourth-order valence-electron chi connectivity index (χ4n) is 1.70. The number of nitrogens with one attached hydrogen (secondary N) is 1. The summed E-state index contributed by atoms with van der Waals surface area (Å²) in [7, 11) is 0. The average Bonchev–Trinajstić information content (AvgIpc) is 2.36. The van der Waals surface area contributed by atoms with Gasteiger partial charge in [0.25, 0.3) is 0 Å². The van der Waals surface area contributed by atoms with Crippen molar-refractivity contribution in [3.63, 3.8) is 0 Å². The SMILES string of the molecule is CC(C)(C)OC(=O)N[C@H](CO)Cc1ccc(C(=O)O)cc1. The summed E-state index contributed by atoms with van der Waals surface area (Å²) in [6.45, 7) is 5.03. The molecule has 0 aliphatic carbocycles. The van der Waals surface area contributed by atoms with Crippen molar-refractivity contribution in [3.8, 4) is 0 Å². The third kappa shape index (κ3) is 6.27. The van der Waals surface area contributed by atoms with Gasteiger partial charge in [-0.1, -0.05) is 12.1 Å². The lowest BCUT2D eigenvalue weighted by Crippen LogP contribution is -2.42. The summed E-state index contributed by atoms with van der Waals surface area (Å²) in [5, 5.41) is 20.7. The normalized spacial score (nSPS) is 12.6. The van der Waals surface area contributed by atoms with Crippen LogP contribution in [-0.2, 0) is 11.2 Å². The van der Waals surface area contributed by atoms with Gasteiger partial charge in [-0.25, -0.2) is 9.59 Å². The van der Waals surface area contributed by atoms with Crippen LogP contribution >= 0.6 is 0 Å². The van der Waals surface area contributed by atoms with E-state index < -0.39 is 23.7 Å². The predicted octanol–water partition coefficient (Wildman–Crippen LogP) is 1.81. The molecule has 1 rings (SSSR count). The Labute approximate surface area is 123 Å². The minimum absolute atomic E-state index is 0.194. The molecular formula is C15H21NO5. The number of hydrogen-bond acceptors (Lipinski definition) is 4. The van der Waals surface area contributed by atoms with Crippen molar-refractivity contribution in [2.24, 2.45) is 0 Å². The van der Waals surface area contributed by atoms with Gasteiger partial charge in [0.15, 0.2) is 0 Å². The zero-order chi connectivity index (χ0) is 16.0. The summed E-state index contributed by atoms with van der Waals surface area (Å²) in [5.41, 5.74) is 0.405. The van der Waals surface area contributed by atoms with Gasteiger partial charge in [0.1, 0.15) is 5.60 Å². The number of ether oxygens (including phenoxy) is 1. The van der Waals surface area contributed by atoms with E-state index in [4.69, 9.17) is 9.84 Å². The second-order valence-electron chi connectivity index (χ2n) is 5.73. The molecule has 0 radical (unpaired) electrons. The molecule has 0 fully saturated rings. The van der Waals surface area contributed by atoms with Crippen LogP contribution in [0.3, 0.4) is 0 Å². The lowest BCUT2D eigenvalue weighted by Gasteiger charge is -2.22. The Kier molecular flexibility index (Phi) is 5.72. The van der Waals surface area contributed by atoms with Crippen LogP contribution in [0.1, 0.15) is 36.7 Å². The first kappa shape index (κ1) is 17.0. The lowest BCUT2D eigenvalue weighted by molar-refractivity contribution is 0.0482. The molecule has 0 aromatic heterocycles. The molecule has 0 bridgehead atoms. The maximum Gasteiger partial charge on any atom is 0.407 e. The maximum absolute atomic E-state index is 11.6. The minimum atomic E-state index is -0.993. The van der Waals surface area contributed by atoms with E-state index >= 15 is 0 Å². The molecule has 6 heteroatoms. The summed E-state index contributed by atoms with van der Waals surface area (Å²) in [5.74, 6) is -0.993. The number of hydrogen-bond donors (Lipinski definition) is 3. The summed E-state index contributed by atoms with van der Waals surface area (Å²) in [4.78, 5) is 22.4. The first-order valence-electron chi connectivity index (χ1n) is 6.64. The number of carbonyl (C=O) groups excluding carboxylic acids is 1. The van der Waals surface area contributed by atoms with Crippen LogP contribution in [0.5, 0.6) is 0 Å². The number of aromatic carboxylic acids is 1. The van der Waals surface area contributed by atoms with E-state index in [9.17, 15) is 14.7 Å². The van der Waals surface area contributed by atoms with E-state index in [2.05, 4.69) is 5.32 Å². The van der Waals surface area contributed by atoms with Crippen molar-refractivity contribution < 1.29 is 24.5 Å². The van der Waals surface area contributed by atoms with Crippen molar-refractivity contribution in [2.45, 2.75) is 38.8 Å². The first-order valence-corrected chi connectivity index (χ1v) is 6.64. The van der Waals surface area contributed by atoms with Crippen LogP contribution in [0, 0.1) is 0 Å². The summed E-state index contributed by atoms with van der Waals surface area (Å²) >= 11 is 0. The summed E-state index contributed by atoms with van der Waals surface area (Å²) in [6, 6.07) is 5.79. The topological polar surface area (TPSA) is 95.9 Å². The fraction of sp³-hybridized carbons (Fsp3) is 0.467. The van der Waals surface area contributed by atoms with Gasteiger partial charge in [-0.3, -0.25) is 0 Å². The zero-order valence-corrected chi connectivity index (χ0v) is 12.4. The van der Waals surface area contributed by atoms with Gasteiger partial charge in [-0.05, 0) is 44.9 Å². The van der Waals surface area contributed by atoms with Crippen LogP contribution in [0.4, 0.5) is 4.79 Å². The fourth-order valence-corrected chi connectivity index (χ4v) is 1.70. The second kappa shape index (κ2) is 7.08. The predicted molar refractivity (Wildman–Crippen MR) is 77.3 cm³/mol. The van der Waals surface area contributed by atoms with Gasteiger partial charge >= 0.3 is 12.1 Å². The number of alkyl carbamates (subject to hydrolysis) is 1. The average molecular weight is 295 g/mol. The Bertz CT molecular complexity index is 490. The molecule has 0 unspecified atom stereocenters. The van der Waals surface area contributed by atoms with Crippen molar-refractivity contribution >= 4 is 12.1 Å². The van der Waals surface area contributed by atoms with E-state index in [0.29, 0.717) is 6.42 Å². The van der Waals surface area contributed by atoms with E-state index in [1.807, 2.05) is 0 Å². The number of aliphatic hydroxyl groups excluding tert-OH is 1. The molecule has 0 saturated heterocycles. The molecule has 0 heterocycles. The van der Waals surface area contributed by atoms with Crippen molar-refractivity contribution in [3.05, 3.63) is 35.4 Å². The zero-order valence-electron chi connectivity index (χ0n) is 12.4. The first-order chi connectivity index (χ1) is 9.71. The van der Waals surface area contributed by atoms with Crippen LogP contribution in [-0.4, -0.2) is 40.5 Å². The van der Waals surface area contributed by atoms with Crippen LogP contribution < -0.4 is 5.32 Å². The van der Waals surface area contributed by atoms with E-state index in [1.54, 1.807) is 32.9 Å². The van der Waals surface area contributed by atoms with Gasteiger partial charge in [0.05, 0.1) is 18.2 Å². The van der Waals surface area contributed by atoms with Crippen molar-refractivity contribution in [1.29, 1.82) is 0 Å². The molecule has 1 aromatic carbocycles. The highest BCUT2D eigenvalue weighted by Gasteiger charge is 2.19. The number of rotatable bonds is 5. The summed E-state index contributed by atoms with van der Waals surface area (Å²) < 4.78 is 5.12. The molecule has 6 nitrogen and oxygen atoms in total. The largest absolute Gasteiger partial charge is 0.478 e. The monoisotopic (exact) mass is 295 g/mol. The Hall–Kier alpha value is -2.08. The third-order valence-corrected chi connectivity index (χ3v) is 2.62. The maximum atomic E-state index is 11.6. The Balaban J connectivity index is 2.61. The molecule has 0 aliphatic heterocycles. The molecule has 1 aromatic rings. The highest BCUT2D eigenvalue weighted by Crippen LogP contribution is 2.09. The number of carboxylic acid groups (broad SMARTS) is 1. The molecule has 0 aliphatic rings. The third-order valence-electron chi connectivity index (χ3n) is 2.62. The number of benzene rings is 1. The number of carboxylic acids is 1. The Morgan fingerprint density at radius 1 is 1.24 bits per heavy atom. The molecule has 0 saturated carbocycles. The number of carbonyl (C=O) groups is 2. The van der Waals surface area contributed by atoms with Crippen LogP contribution in [0.25, 0.3) is 0 Å². The highest BCUT2D eigenvalue weighted by molar-refractivity contribution is 5.87. The van der Waals surface area contributed by atoms with Crippen LogP contribution in [0.15, 0.2) is 24.3 Å². The summed E-state index contributed by atoms with van der Waals surface area (Å²) in [6.07, 6.45) is -0.209. The Morgan fingerprint density at radius 2 is 1.81 bits per heavy atom. The molecule has 1 atom stereocenters. The molecular weight excluding hydrogens is 274 g/mol. The molecule has 0 spiro atoms. The molecule has 116 valence electrons. The number of amides is 1. The van der Waals surface area contributed by atoms with Gasteiger partial charge in [0.2, 0.25) is 0 Å². The smallest absolute Gasteiger partial charge is 0.407 e. The van der Waals surface area contributed by atoms with E-state index in [-0.39, 0.29) is 12.2 Å². The van der Waals surface area contributed by atoms with Gasteiger partial charge in [0, 0.05) is 0 Å². The molecule has 21 heavy (non-hydrogen) atoms. The van der Waals surface area contributed by atoms with Gasteiger partial charge < -0.3 is 20.3 Å². The van der Waals surface area contributed by atoms with Crippen molar-refractivity contribution in [2.75, 3.05) is 6.61 Å². The van der Waals surface area contributed by atoms with Crippen LogP contribution in [0.2, 0.25) is 0 Å². The molecule has 1 amide bonds. The second-order valence-corrected chi connectivity index (χ2v) is 5.73. The minimum Gasteiger partial charge on any atom is -0.478 e. The standard InChI is InChI=1S/C15H21NO5/c1-15(2,3)21-14(20)16-12(9-17)8-10-4-6-11(7-5-10)13(18)19/h4-7,12,17H,8-9H2,1-3H3,(H,16,20)(H,18,19)/t12-/m0/s1. The number of aliphatic hydroxyl groups is 1. The van der Waals surface area contributed by atoms with E-state index in [0.717, 1.165) is 5.56 Å². The quantitative estimate of drug-likeness (QED) is 0.770. The van der Waals surface area contributed by atoms with Gasteiger partial charge in [-0.15, -0.1) is 0 Å². The van der Waals surface area contributed by atoms with E-state index in [1.165, 1.54) is 12.1 Å². The lowest BCUT2D eigenvalue weighted by atomic mass is 10.0.